The molecule has 1 aromatic rings. The molecule has 0 radical (unpaired) electrons. The first-order valence-electron chi connectivity index (χ1n) is 7.66. The summed E-state index contributed by atoms with van der Waals surface area (Å²) in [6.07, 6.45) is 1.49. The van der Waals surface area contributed by atoms with Crippen molar-refractivity contribution in [2.75, 3.05) is 12.0 Å². The minimum atomic E-state index is -1.01. The number of carboxylic acids is 1. The van der Waals surface area contributed by atoms with Crippen molar-refractivity contribution in [2.45, 2.75) is 38.6 Å². The lowest BCUT2D eigenvalue weighted by Crippen LogP contribution is -2.50. The molecule has 0 aromatic heterocycles. The van der Waals surface area contributed by atoms with Crippen molar-refractivity contribution in [1.82, 2.24) is 0 Å². The van der Waals surface area contributed by atoms with Crippen molar-refractivity contribution in [2.24, 2.45) is 5.92 Å². The Morgan fingerprint density at radius 3 is 2.70 bits per heavy atom. The number of fused-ring (bicyclic) bond motifs is 1. The maximum Gasteiger partial charge on any atom is 0.326 e. The van der Waals surface area contributed by atoms with Gasteiger partial charge in [-0.3, -0.25) is 14.5 Å². The van der Waals surface area contributed by atoms with Crippen molar-refractivity contribution >= 4 is 23.5 Å². The van der Waals surface area contributed by atoms with Gasteiger partial charge in [-0.2, -0.15) is 0 Å². The first-order valence-corrected chi connectivity index (χ1v) is 7.66. The number of hydrogen-bond acceptors (Lipinski definition) is 4. The number of para-hydroxylation sites is 1. The number of carbonyl (C=O) groups is 3. The Kier molecular flexibility index (Phi) is 5.36. The normalized spacial score (nSPS) is 18.0. The van der Waals surface area contributed by atoms with Gasteiger partial charge in [0.1, 0.15) is 6.04 Å². The van der Waals surface area contributed by atoms with Crippen molar-refractivity contribution < 1.29 is 24.2 Å². The number of carboxylic acid groups (broad SMARTS) is 1. The molecule has 1 heterocycles. The summed E-state index contributed by atoms with van der Waals surface area (Å²) in [4.78, 5) is 37.0. The molecule has 1 aliphatic rings. The van der Waals surface area contributed by atoms with E-state index in [1.165, 1.54) is 12.0 Å². The van der Waals surface area contributed by atoms with Crippen LogP contribution >= 0.6 is 0 Å². The molecule has 0 saturated heterocycles. The average molecular weight is 319 g/mol. The minimum absolute atomic E-state index is 0.136. The summed E-state index contributed by atoms with van der Waals surface area (Å²) in [5, 5.41) is 9.45. The molecule has 1 aromatic carbocycles. The predicted octanol–water partition coefficient (Wildman–Crippen LogP) is 2.01. The number of esters is 1. The maximum absolute atomic E-state index is 12.8. The van der Waals surface area contributed by atoms with Gasteiger partial charge in [-0.05, 0) is 30.9 Å². The quantitative estimate of drug-likeness (QED) is 0.839. The zero-order chi connectivity index (χ0) is 17.0. The number of anilines is 1. The number of methoxy groups -OCH3 is 1. The Morgan fingerprint density at radius 2 is 2.04 bits per heavy atom. The molecule has 1 N–H and O–H groups in total. The summed E-state index contributed by atoms with van der Waals surface area (Å²) in [5.41, 5.74) is 1.62. The van der Waals surface area contributed by atoms with Gasteiger partial charge < -0.3 is 9.84 Å². The molecule has 124 valence electrons. The second kappa shape index (κ2) is 7.26. The van der Waals surface area contributed by atoms with Crippen molar-refractivity contribution in [3.8, 4) is 0 Å². The smallest absolute Gasteiger partial charge is 0.326 e. The van der Waals surface area contributed by atoms with E-state index >= 15 is 0 Å². The summed E-state index contributed by atoms with van der Waals surface area (Å²) >= 11 is 0. The van der Waals surface area contributed by atoms with Gasteiger partial charge in [0.05, 0.1) is 7.11 Å². The van der Waals surface area contributed by atoms with E-state index in [-0.39, 0.29) is 18.3 Å². The molecular formula is C17H21NO5. The standard InChI is InChI=1S/C17H21NO5/c1-11(7-10-15(19)23-2)16(20)18-13-6-4-3-5-12(13)8-9-14(18)17(21)22/h3-6,11,14H,7-10H2,1-2H3,(H,21,22). The summed E-state index contributed by atoms with van der Waals surface area (Å²) in [6.45, 7) is 1.71. The number of aryl methyl sites for hydroxylation is 1. The molecule has 1 amide bonds. The zero-order valence-electron chi connectivity index (χ0n) is 13.3. The molecule has 0 bridgehead atoms. The number of amides is 1. The van der Waals surface area contributed by atoms with Crippen LogP contribution in [0.1, 0.15) is 31.7 Å². The Labute approximate surface area is 135 Å². The van der Waals surface area contributed by atoms with Gasteiger partial charge in [-0.1, -0.05) is 25.1 Å². The van der Waals surface area contributed by atoms with Crippen LogP contribution in [0.25, 0.3) is 0 Å². The molecule has 6 nitrogen and oxygen atoms in total. The molecule has 6 heteroatoms. The lowest BCUT2D eigenvalue weighted by atomic mass is 9.93. The summed E-state index contributed by atoms with van der Waals surface area (Å²) in [5.74, 6) is -2.11. The van der Waals surface area contributed by atoms with Gasteiger partial charge in [0, 0.05) is 18.0 Å². The summed E-state index contributed by atoms with van der Waals surface area (Å²) in [7, 11) is 1.30. The number of aliphatic carboxylic acids is 1. The van der Waals surface area contributed by atoms with E-state index in [0.29, 0.717) is 24.9 Å². The van der Waals surface area contributed by atoms with Gasteiger partial charge in [0.15, 0.2) is 0 Å². The van der Waals surface area contributed by atoms with Gasteiger partial charge in [0.25, 0.3) is 0 Å². The van der Waals surface area contributed by atoms with E-state index in [1.807, 2.05) is 12.1 Å². The zero-order valence-corrected chi connectivity index (χ0v) is 13.3. The molecule has 2 unspecified atom stereocenters. The molecule has 1 aliphatic heterocycles. The number of carbonyl (C=O) groups excluding carboxylic acids is 2. The van der Waals surface area contributed by atoms with Crippen LogP contribution in [0.2, 0.25) is 0 Å². The number of rotatable bonds is 5. The van der Waals surface area contributed by atoms with Crippen LogP contribution in [-0.2, 0) is 25.5 Å². The Morgan fingerprint density at radius 1 is 1.35 bits per heavy atom. The van der Waals surface area contributed by atoms with Gasteiger partial charge in [-0.15, -0.1) is 0 Å². The molecule has 0 aliphatic carbocycles. The molecule has 0 spiro atoms. The van der Waals surface area contributed by atoms with E-state index < -0.39 is 17.9 Å². The average Bonchev–Trinajstić information content (AvgIpc) is 2.57. The topological polar surface area (TPSA) is 83.9 Å². The highest BCUT2D eigenvalue weighted by Crippen LogP contribution is 2.32. The van der Waals surface area contributed by atoms with Gasteiger partial charge in [0.2, 0.25) is 5.91 Å². The Hall–Kier alpha value is -2.37. The predicted molar refractivity (Wildman–Crippen MR) is 84.1 cm³/mol. The molecule has 2 atom stereocenters. The fourth-order valence-corrected chi connectivity index (χ4v) is 2.85. The largest absolute Gasteiger partial charge is 0.480 e. The second-order valence-corrected chi connectivity index (χ2v) is 5.75. The van der Waals surface area contributed by atoms with Crippen molar-refractivity contribution in [3.05, 3.63) is 29.8 Å². The second-order valence-electron chi connectivity index (χ2n) is 5.75. The van der Waals surface area contributed by atoms with Crippen LogP contribution in [0.3, 0.4) is 0 Å². The minimum Gasteiger partial charge on any atom is -0.480 e. The number of ether oxygens (including phenoxy) is 1. The van der Waals surface area contributed by atoms with Crippen LogP contribution in [0.4, 0.5) is 5.69 Å². The highest BCUT2D eigenvalue weighted by Gasteiger charge is 2.37. The van der Waals surface area contributed by atoms with E-state index in [2.05, 4.69) is 4.74 Å². The highest BCUT2D eigenvalue weighted by atomic mass is 16.5. The molecule has 23 heavy (non-hydrogen) atoms. The fourth-order valence-electron chi connectivity index (χ4n) is 2.85. The van der Waals surface area contributed by atoms with Crippen LogP contribution in [0, 0.1) is 5.92 Å². The molecular weight excluding hydrogens is 298 g/mol. The summed E-state index contributed by atoms with van der Waals surface area (Å²) in [6, 6.07) is 6.49. The molecule has 0 fully saturated rings. The van der Waals surface area contributed by atoms with E-state index in [0.717, 1.165) is 5.56 Å². The third-order valence-corrected chi connectivity index (χ3v) is 4.20. The van der Waals surface area contributed by atoms with E-state index in [9.17, 15) is 19.5 Å². The lowest BCUT2D eigenvalue weighted by Gasteiger charge is -2.36. The number of benzene rings is 1. The van der Waals surface area contributed by atoms with E-state index in [1.54, 1.807) is 19.1 Å². The SMILES string of the molecule is COC(=O)CCC(C)C(=O)N1c2ccccc2CCC1C(=O)O. The van der Waals surface area contributed by atoms with Crippen LogP contribution in [-0.4, -0.2) is 36.1 Å². The van der Waals surface area contributed by atoms with E-state index in [4.69, 9.17) is 0 Å². The van der Waals surface area contributed by atoms with Crippen molar-refractivity contribution in [1.29, 1.82) is 0 Å². The first-order chi connectivity index (χ1) is 11.0. The summed E-state index contributed by atoms with van der Waals surface area (Å²) < 4.78 is 4.58. The Bertz CT molecular complexity index is 613. The van der Waals surface area contributed by atoms with Crippen molar-refractivity contribution in [3.63, 3.8) is 0 Å². The van der Waals surface area contributed by atoms with Crippen LogP contribution in [0.15, 0.2) is 24.3 Å². The van der Waals surface area contributed by atoms with Crippen LogP contribution in [0.5, 0.6) is 0 Å². The third-order valence-electron chi connectivity index (χ3n) is 4.20. The van der Waals surface area contributed by atoms with Crippen LogP contribution < -0.4 is 4.90 Å². The molecule has 0 saturated carbocycles. The van der Waals surface area contributed by atoms with Gasteiger partial charge in [-0.25, -0.2) is 4.79 Å². The highest BCUT2D eigenvalue weighted by molar-refractivity contribution is 6.01. The Balaban J connectivity index is 2.23. The monoisotopic (exact) mass is 319 g/mol. The number of hydrogen-bond donors (Lipinski definition) is 1. The van der Waals surface area contributed by atoms with Gasteiger partial charge >= 0.3 is 11.9 Å². The first kappa shape index (κ1) is 17.0. The third kappa shape index (κ3) is 3.70. The lowest BCUT2D eigenvalue weighted by molar-refractivity contribution is -0.142. The fraction of sp³-hybridized carbons (Fsp3) is 0.471. The number of nitrogens with zero attached hydrogens (tertiary/aromatic N) is 1. The molecule has 2 rings (SSSR count). The maximum atomic E-state index is 12.8.